The summed E-state index contributed by atoms with van der Waals surface area (Å²) in [5.41, 5.74) is 6.35. The van der Waals surface area contributed by atoms with E-state index in [9.17, 15) is 0 Å². The van der Waals surface area contributed by atoms with E-state index >= 15 is 0 Å². The van der Waals surface area contributed by atoms with Crippen molar-refractivity contribution in [1.82, 2.24) is 4.98 Å². The molecule has 1 heterocycles. The number of pyridine rings is 1. The molecule has 1 aromatic heterocycles. The number of nitrogen functional groups attached to an aromatic ring is 1. The van der Waals surface area contributed by atoms with Crippen LogP contribution in [0.1, 0.15) is 32.6 Å². The van der Waals surface area contributed by atoms with Gasteiger partial charge in [0.15, 0.2) is 0 Å². The minimum atomic E-state index is 0.689. The summed E-state index contributed by atoms with van der Waals surface area (Å²) in [5, 5.41) is 3.42. The van der Waals surface area contributed by atoms with Crippen molar-refractivity contribution in [1.29, 1.82) is 0 Å². The van der Waals surface area contributed by atoms with Crippen molar-refractivity contribution in [2.75, 3.05) is 17.6 Å². The van der Waals surface area contributed by atoms with E-state index in [1.54, 1.807) is 6.20 Å². The average molecular weight is 298 g/mol. The third-order valence-electron chi connectivity index (χ3n) is 3.47. The van der Waals surface area contributed by atoms with Gasteiger partial charge in [0, 0.05) is 6.54 Å². The first-order chi connectivity index (χ1) is 8.15. The molecule has 0 spiro atoms. The van der Waals surface area contributed by atoms with E-state index in [4.69, 9.17) is 5.73 Å². The molecule has 0 aliphatic heterocycles. The fraction of sp³-hybridized carbons (Fsp3) is 0.615. The highest BCUT2D eigenvalue weighted by atomic mass is 79.9. The molecule has 1 aromatic rings. The van der Waals surface area contributed by atoms with Crippen molar-refractivity contribution < 1.29 is 0 Å². The number of halogens is 1. The van der Waals surface area contributed by atoms with E-state index in [0.717, 1.165) is 28.7 Å². The predicted molar refractivity (Wildman–Crippen MR) is 76.0 cm³/mol. The zero-order chi connectivity index (χ0) is 12.3. The number of hydrogen-bond donors (Lipinski definition) is 2. The molecule has 3 N–H and O–H groups in total. The summed E-state index contributed by atoms with van der Waals surface area (Å²) in [6, 6.07) is 1.89. The Bertz CT molecular complexity index is 381. The molecule has 2 unspecified atom stereocenters. The number of anilines is 2. The van der Waals surface area contributed by atoms with Gasteiger partial charge in [-0.3, -0.25) is 0 Å². The highest BCUT2D eigenvalue weighted by molar-refractivity contribution is 9.10. The summed E-state index contributed by atoms with van der Waals surface area (Å²) in [7, 11) is 0. The third-order valence-corrected chi connectivity index (χ3v) is 4.07. The highest BCUT2D eigenvalue weighted by Gasteiger charge is 2.18. The van der Waals surface area contributed by atoms with Crippen LogP contribution in [-0.4, -0.2) is 11.5 Å². The quantitative estimate of drug-likeness (QED) is 0.895. The molecular formula is C13H20BrN3. The molecule has 0 amide bonds. The minimum Gasteiger partial charge on any atom is -0.397 e. The Hall–Kier alpha value is -0.770. The molecule has 2 atom stereocenters. The van der Waals surface area contributed by atoms with Crippen molar-refractivity contribution in [3.8, 4) is 0 Å². The maximum Gasteiger partial charge on any atom is 0.140 e. The first-order valence-electron chi connectivity index (χ1n) is 6.30. The zero-order valence-electron chi connectivity index (χ0n) is 10.2. The first-order valence-corrected chi connectivity index (χ1v) is 7.09. The Morgan fingerprint density at radius 1 is 1.53 bits per heavy atom. The van der Waals surface area contributed by atoms with Gasteiger partial charge in [-0.2, -0.15) is 0 Å². The Balaban J connectivity index is 1.88. The SMILES string of the molecule is CC1CCCC(CNc2ncc(N)cc2Br)C1. The molecule has 1 aliphatic carbocycles. The lowest BCUT2D eigenvalue weighted by Gasteiger charge is -2.27. The summed E-state index contributed by atoms with van der Waals surface area (Å²) < 4.78 is 0.946. The topological polar surface area (TPSA) is 50.9 Å². The fourth-order valence-corrected chi connectivity index (χ4v) is 3.08. The summed E-state index contributed by atoms with van der Waals surface area (Å²) in [6.45, 7) is 3.36. The predicted octanol–water partition coefficient (Wildman–Crippen LogP) is 3.66. The van der Waals surface area contributed by atoms with Gasteiger partial charge in [-0.05, 0) is 46.7 Å². The van der Waals surface area contributed by atoms with Crippen LogP contribution in [0.5, 0.6) is 0 Å². The molecule has 0 radical (unpaired) electrons. The van der Waals surface area contributed by atoms with Gasteiger partial charge in [0.1, 0.15) is 5.82 Å². The summed E-state index contributed by atoms with van der Waals surface area (Å²) in [5.74, 6) is 2.56. The van der Waals surface area contributed by atoms with Gasteiger partial charge in [-0.1, -0.05) is 19.8 Å². The van der Waals surface area contributed by atoms with Crippen LogP contribution in [-0.2, 0) is 0 Å². The molecule has 4 heteroatoms. The van der Waals surface area contributed by atoms with Crippen molar-refractivity contribution in [2.24, 2.45) is 11.8 Å². The molecule has 1 aliphatic rings. The van der Waals surface area contributed by atoms with Crippen LogP contribution in [0.4, 0.5) is 11.5 Å². The molecule has 0 saturated heterocycles. The van der Waals surface area contributed by atoms with Crippen LogP contribution in [0.2, 0.25) is 0 Å². The maximum absolute atomic E-state index is 5.66. The van der Waals surface area contributed by atoms with Gasteiger partial charge in [-0.15, -0.1) is 0 Å². The number of nitrogens with two attached hydrogens (primary N) is 1. The molecule has 94 valence electrons. The molecule has 0 bridgehead atoms. The van der Waals surface area contributed by atoms with E-state index in [-0.39, 0.29) is 0 Å². The van der Waals surface area contributed by atoms with Crippen molar-refractivity contribution in [2.45, 2.75) is 32.6 Å². The van der Waals surface area contributed by atoms with Gasteiger partial charge in [0.25, 0.3) is 0 Å². The summed E-state index contributed by atoms with van der Waals surface area (Å²) in [6.07, 6.45) is 7.12. The van der Waals surface area contributed by atoms with Crippen LogP contribution in [0.15, 0.2) is 16.7 Å². The third kappa shape index (κ3) is 3.60. The standard InChI is InChI=1S/C13H20BrN3/c1-9-3-2-4-10(5-9)7-16-13-12(14)6-11(15)8-17-13/h6,8-10H,2-5,7,15H2,1H3,(H,16,17). The lowest BCUT2D eigenvalue weighted by atomic mass is 9.82. The molecule has 1 saturated carbocycles. The molecule has 0 aromatic carbocycles. The lowest BCUT2D eigenvalue weighted by Crippen LogP contribution is -2.21. The Kier molecular flexibility index (Phi) is 4.26. The van der Waals surface area contributed by atoms with Crippen LogP contribution in [0.25, 0.3) is 0 Å². The Morgan fingerprint density at radius 2 is 2.35 bits per heavy atom. The Morgan fingerprint density at radius 3 is 3.06 bits per heavy atom. The second kappa shape index (κ2) is 5.71. The van der Waals surface area contributed by atoms with Gasteiger partial charge in [0.05, 0.1) is 16.4 Å². The van der Waals surface area contributed by atoms with Crippen LogP contribution in [0, 0.1) is 11.8 Å². The average Bonchev–Trinajstić information content (AvgIpc) is 2.28. The maximum atomic E-state index is 5.66. The summed E-state index contributed by atoms with van der Waals surface area (Å²) in [4.78, 5) is 4.30. The van der Waals surface area contributed by atoms with Gasteiger partial charge in [0.2, 0.25) is 0 Å². The van der Waals surface area contributed by atoms with Gasteiger partial charge in [-0.25, -0.2) is 4.98 Å². The van der Waals surface area contributed by atoms with Crippen LogP contribution in [0.3, 0.4) is 0 Å². The van der Waals surface area contributed by atoms with E-state index in [2.05, 4.69) is 33.2 Å². The lowest BCUT2D eigenvalue weighted by molar-refractivity contribution is 0.293. The normalized spacial score (nSPS) is 24.6. The first kappa shape index (κ1) is 12.7. The smallest absolute Gasteiger partial charge is 0.140 e. The number of hydrogen-bond acceptors (Lipinski definition) is 3. The van der Waals surface area contributed by atoms with Crippen LogP contribution < -0.4 is 11.1 Å². The zero-order valence-corrected chi connectivity index (χ0v) is 11.8. The molecule has 2 rings (SSSR count). The van der Waals surface area contributed by atoms with Gasteiger partial charge >= 0.3 is 0 Å². The molecule has 17 heavy (non-hydrogen) atoms. The molecule has 1 fully saturated rings. The molecular weight excluding hydrogens is 278 g/mol. The monoisotopic (exact) mass is 297 g/mol. The highest BCUT2D eigenvalue weighted by Crippen LogP contribution is 2.29. The number of aromatic nitrogens is 1. The van der Waals surface area contributed by atoms with Crippen molar-refractivity contribution >= 4 is 27.4 Å². The van der Waals surface area contributed by atoms with Crippen LogP contribution >= 0.6 is 15.9 Å². The number of nitrogens with one attached hydrogen (secondary N) is 1. The number of nitrogens with zero attached hydrogens (tertiary/aromatic N) is 1. The fourth-order valence-electron chi connectivity index (χ4n) is 2.57. The van der Waals surface area contributed by atoms with Crippen molar-refractivity contribution in [3.63, 3.8) is 0 Å². The second-order valence-electron chi connectivity index (χ2n) is 5.12. The minimum absolute atomic E-state index is 0.689. The van der Waals surface area contributed by atoms with E-state index in [1.807, 2.05) is 6.07 Å². The number of rotatable bonds is 3. The largest absolute Gasteiger partial charge is 0.397 e. The van der Waals surface area contributed by atoms with E-state index in [0.29, 0.717) is 5.69 Å². The van der Waals surface area contributed by atoms with Gasteiger partial charge < -0.3 is 11.1 Å². The Labute approximate surface area is 111 Å². The summed E-state index contributed by atoms with van der Waals surface area (Å²) >= 11 is 3.48. The molecule has 3 nitrogen and oxygen atoms in total. The van der Waals surface area contributed by atoms with E-state index in [1.165, 1.54) is 25.7 Å². The second-order valence-corrected chi connectivity index (χ2v) is 5.97. The van der Waals surface area contributed by atoms with E-state index < -0.39 is 0 Å². The van der Waals surface area contributed by atoms with Crippen molar-refractivity contribution in [3.05, 3.63) is 16.7 Å².